The minimum absolute atomic E-state index is 0.275. The van der Waals surface area contributed by atoms with Gasteiger partial charge < -0.3 is 14.4 Å². The number of aromatic nitrogens is 2. The summed E-state index contributed by atoms with van der Waals surface area (Å²) >= 11 is 11.8. The maximum absolute atomic E-state index is 6.14. The van der Waals surface area contributed by atoms with Crippen LogP contribution < -0.4 is 9.64 Å². The van der Waals surface area contributed by atoms with Crippen molar-refractivity contribution in [2.24, 2.45) is 0 Å². The molecule has 1 fully saturated rings. The first-order valence-electron chi connectivity index (χ1n) is 6.23. The van der Waals surface area contributed by atoms with E-state index in [1.807, 2.05) is 0 Å². The maximum atomic E-state index is 6.14. The molecular formula is C12H17Cl2N3O2. The van der Waals surface area contributed by atoms with Crippen LogP contribution in [0.15, 0.2) is 6.20 Å². The Morgan fingerprint density at radius 1 is 1.42 bits per heavy atom. The van der Waals surface area contributed by atoms with Crippen LogP contribution in [0.5, 0.6) is 6.01 Å². The number of hydrogen-bond acceptors (Lipinski definition) is 5. The molecule has 106 valence electrons. The number of hydrogen-bond donors (Lipinski definition) is 0. The lowest BCUT2D eigenvalue weighted by Crippen LogP contribution is -2.38. The third kappa shape index (κ3) is 3.84. The van der Waals surface area contributed by atoms with E-state index in [0.29, 0.717) is 23.5 Å². The van der Waals surface area contributed by atoms with Crippen molar-refractivity contribution >= 4 is 29.0 Å². The maximum Gasteiger partial charge on any atom is 0.318 e. The first-order chi connectivity index (χ1) is 9.24. The molecule has 0 amide bonds. The molecule has 0 aromatic carbocycles. The van der Waals surface area contributed by atoms with Gasteiger partial charge in [-0.25, -0.2) is 4.98 Å². The van der Waals surface area contributed by atoms with Crippen LogP contribution in [0.1, 0.15) is 12.8 Å². The first kappa shape index (κ1) is 14.6. The molecule has 0 unspecified atom stereocenters. The highest BCUT2D eigenvalue weighted by Gasteiger charge is 2.22. The predicted octanol–water partition coefficient (Wildman–Crippen LogP) is 2.36. The summed E-state index contributed by atoms with van der Waals surface area (Å²) in [5.41, 5.74) is 0. The largest absolute Gasteiger partial charge is 0.467 e. The number of rotatable bonds is 5. The summed E-state index contributed by atoms with van der Waals surface area (Å²) < 4.78 is 10.7. The first-order valence-corrected chi connectivity index (χ1v) is 7.15. The van der Waals surface area contributed by atoms with Gasteiger partial charge in [0.25, 0.3) is 0 Å². The molecule has 7 heteroatoms. The Kier molecular flexibility index (Phi) is 5.48. The van der Waals surface area contributed by atoms with E-state index >= 15 is 0 Å². The number of halogens is 2. The predicted molar refractivity (Wildman–Crippen MR) is 75.5 cm³/mol. The van der Waals surface area contributed by atoms with E-state index in [1.54, 1.807) is 13.3 Å². The van der Waals surface area contributed by atoms with Crippen molar-refractivity contribution in [1.29, 1.82) is 0 Å². The number of ether oxygens (including phenoxy) is 2. The van der Waals surface area contributed by atoms with Crippen LogP contribution in [0.3, 0.4) is 0 Å². The van der Waals surface area contributed by atoms with Gasteiger partial charge in [0, 0.05) is 19.0 Å². The number of methoxy groups -OCH3 is 1. The fraction of sp³-hybridized carbons (Fsp3) is 0.667. The van der Waals surface area contributed by atoms with Gasteiger partial charge in [-0.2, -0.15) is 4.98 Å². The molecule has 1 aromatic rings. The van der Waals surface area contributed by atoms with E-state index < -0.39 is 0 Å². The Bertz CT molecular complexity index is 412. The molecule has 5 nitrogen and oxygen atoms in total. The van der Waals surface area contributed by atoms with E-state index in [-0.39, 0.29) is 6.10 Å². The Morgan fingerprint density at radius 2 is 2.16 bits per heavy atom. The highest BCUT2D eigenvalue weighted by molar-refractivity contribution is 6.32. The zero-order chi connectivity index (χ0) is 13.7. The van der Waals surface area contributed by atoms with E-state index in [9.17, 15) is 0 Å². The van der Waals surface area contributed by atoms with Crippen LogP contribution in [-0.2, 0) is 4.74 Å². The lowest BCUT2D eigenvalue weighted by atomic mass is 10.1. The summed E-state index contributed by atoms with van der Waals surface area (Å²) in [5.74, 6) is 1.26. The molecule has 0 atom stereocenters. The molecule has 2 heterocycles. The van der Waals surface area contributed by atoms with Gasteiger partial charge in [-0.1, -0.05) is 11.6 Å². The summed E-state index contributed by atoms with van der Waals surface area (Å²) in [7, 11) is 1.54. The molecular weight excluding hydrogens is 289 g/mol. The van der Waals surface area contributed by atoms with Crippen LogP contribution in [0.2, 0.25) is 5.02 Å². The van der Waals surface area contributed by atoms with Gasteiger partial charge in [-0.3, -0.25) is 0 Å². The van der Waals surface area contributed by atoms with Gasteiger partial charge in [0.15, 0.2) is 5.82 Å². The molecule has 0 spiro atoms. The van der Waals surface area contributed by atoms with Gasteiger partial charge in [0.1, 0.15) is 5.02 Å². The molecule has 2 rings (SSSR count). The summed E-state index contributed by atoms with van der Waals surface area (Å²) in [6, 6.07) is 0.333. The number of piperidine rings is 1. The van der Waals surface area contributed by atoms with Crippen LogP contribution in [0.4, 0.5) is 5.82 Å². The molecule has 0 N–H and O–H groups in total. The van der Waals surface area contributed by atoms with Gasteiger partial charge in [-0.05, 0) is 12.8 Å². The van der Waals surface area contributed by atoms with Crippen molar-refractivity contribution in [2.45, 2.75) is 18.9 Å². The molecule has 0 saturated carbocycles. The highest BCUT2D eigenvalue weighted by atomic mass is 35.5. The molecule has 1 saturated heterocycles. The Hall–Kier alpha value is -0.780. The van der Waals surface area contributed by atoms with E-state index in [4.69, 9.17) is 32.7 Å². The Morgan fingerprint density at radius 3 is 2.79 bits per heavy atom. The van der Waals surface area contributed by atoms with Crippen molar-refractivity contribution in [2.75, 3.05) is 37.6 Å². The normalized spacial score (nSPS) is 16.7. The monoisotopic (exact) mass is 305 g/mol. The second-order valence-corrected chi connectivity index (χ2v) is 5.06. The van der Waals surface area contributed by atoms with Crippen molar-refractivity contribution < 1.29 is 9.47 Å². The highest BCUT2D eigenvalue weighted by Crippen LogP contribution is 2.27. The fourth-order valence-corrected chi connectivity index (χ4v) is 2.41. The van der Waals surface area contributed by atoms with Crippen LogP contribution >= 0.6 is 23.2 Å². The second kappa shape index (κ2) is 7.12. The van der Waals surface area contributed by atoms with Gasteiger partial charge >= 0.3 is 6.01 Å². The van der Waals surface area contributed by atoms with Crippen LogP contribution in [0.25, 0.3) is 0 Å². The minimum atomic E-state index is 0.275. The standard InChI is InChI=1S/C12H17Cl2N3O2/c1-18-12-15-8-10(14)11(16-12)17-5-2-9(3-6-17)19-7-4-13/h8-9H,2-7H2,1H3. The van der Waals surface area contributed by atoms with Crippen molar-refractivity contribution in [3.8, 4) is 6.01 Å². The van der Waals surface area contributed by atoms with Crippen molar-refractivity contribution in [3.05, 3.63) is 11.2 Å². The third-order valence-electron chi connectivity index (χ3n) is 3.06. The molecule has 1 aliphatic rings. The molecule has 1 aliphatic heterocycles. The Balaban J connectivity index is 1.97. The van der Waals surface area contributed by atoms with E-state index in [0.717, 1.165) is 31.7 Å². The van der Waals surface area contributed by atoms with E-state index in [1.165, 1.54) is 0 Å². The SMILES string of the molecule is COc1ncc(Cl)c(N2CCC(OCCCl)CC2)n1. The summed E-state index contributed by atoms with van der Waals surface area (Å²) in [4.78, 5) is 10.4. The van der Waals surface area contributed by atoms with Gasteiger partial charge in [0.05, 0.1) is 26.0 Å². The zero-order valence-corrected chi connectivity index (χ0v) is 12.3. The van der Waals surface area contributed by atoms with Gasteiger partial charge in [0.2, 0.25) is 0 Å². The van der Waals surface area contributed by atoms with Gasteiger partial charge in [-0.15, -0.1) is 11.6 Å². The van der Waals surface area contributed by atoms with Crippen LogP contribution in [0, 0.1) is 0 Å². The molecule has 0 bridgehead atoms. The quantitative estimate of drug-likeness (QED) is 0.782. The average molecular weight is 306 g/mol. The Labute approximate surface area is 122 Å². The lowest BCUT2D eigenvalue weighted by molar-refractivity contribution is 0.0471. The minimum Gasteiger partial charge on any atom is -0.467 e. The fourth-order valence-electron chi connectivity index (χ4n) is 2.11. The number of alkyl halides is 1. The molecule has 1 aromatic heterocycles. The lowest BCUT2D eigenvalue weighted by Gasteiger charge is -2.33. The number of nitrogens with zero attached hydrogens (tertiary/aromatic N) is 3. The van der Waals surface area contributed by atoms with E-state index in [2.05, 4.69) is 14.9 Å². The zero-order valence-electron chi connectivity index (χ0n) is 10.8. The average Bonchev–Trinajstić information content (AvgIpc) is 2.46. The second-order valence-electron chi connectivity index (χ2n) is 4.27. The summed E-state index contributed by atoms with van der Waals surface area (Å²) in [5, 5.41) is 0.543. The van der Waals surface area contributed by atoms with Crippen LogP contribution in [-0.4, -0.2) is 48.8 Å². The molecule has 0 aliphatic carbocycles. The smallest absolute Gasteiger partial charge is 0.318 e. The summed E-state index contributed by atoms with van der Waals surface area (Å²) in [6.45, 7) is 2.31. The molecule has 19 heavy (non-hydrogen) atoms. The van der Waals surface area contributed by atoms with Crippen molar-refractivity contribution in [3.63, 3.8) is 0 Å². The van der Waals surface area contributed by atoms with Crippen molar-refractivity contribution in [1.82, 2.24) is 9.97 Å². The third-order valence-corrected chi connectivity index (χ3v) is 3.48. The topological polar surface area (TPSA) is 47.5 Å². The number of anilines is 1. The molecule has 0 radical (unpaired) electrons. The summed E-state index contributed by atoms with van der Waals surface area (Å²) in [6.07, 6.45) is 3.73.